The van der Waals surface area contributed by atoms with Gasteiger partial charge < -0.3 is 15.0 Å². The molecule has 1 aliphatic rings. The summed E-state index contributed by atoms with van der Waals surface area (Å²) in [6, 6.07) is 8.48. The van der Waals surface area contributed by atoms with Crippen LogP contribution < -0.4 is 10.1 Å². The van der Waals surface area contributed by atoms with Crippen LogP contribution in [-0.4, -0.2) is 35.4 Å². The van der Waals surface area contributed by atoms with Gasteiger partial charge in [0.05, 0.1) is 0 Å². The summed E-state index contributed by atoms with van der Waals surface area (Å²) >= 11 is 16.4. The minimum atomic E-state index is -0.659. The van der Waals surface area contributed by atoms with Gasteiger partial charge in [-0.15, -0.1) is 0 Å². The summed E-state index contributed by atoms with van der Waals surface area (Å²) in [7, 11) is 0. The van der Waals surface area contributed by atoms with E-state index in [1.165, 1.54) is 6.42 Å². The van der Waals surface area contributed by atoms with Crippen molar-refractivity contribution in [2.24, 2.45) is 0 Å². The molecule has 35 heavy (non-hydrogen) atoms. The van der Waals surface area contributed by atoms with Crippen LogP contribution in [0.15, 0.2) is 34.8 Å². The van der Waals surface area contributed by atoms with Gasteiger partial charge in [-0.2, -0.15) is 0 Å². The molecule has 5 nitrogen and oxygen atoms in total. The Hall–Kier alpha value is -1.76. The Balaban J connectivity index is 1.83. The van der Waals surface area contributed by atoms with Gasteiger partial charge in [-0.3, -0.25) is 9.59 Å². The molecule has 2 amide bonds. The van der Waals surface area contributed by atoms with Gasteiger partial charge in [0.25, 0.3) is 5.91 Å². The number of halogens is 3. The van der Waals surface area contributed by atoms with E-state index in [1.807, 2.05) is 32.9 Å². The number of nitrogens with zero attached hydrogens (tertiary/aromatic N) is 1. The van der Waals surface area contributed by atoms with Gasteiger partial charge in [0.1, 0.15) is 11.8 Å². The molecule has 1 aliphatic carbocycles. The van der Waals surface area contributed by atoms with Crippen molar-refractivity contribution >= 4 is 50.9 Å². The van der Waals surface area contributed by atoms with Crippen LogP contribution in [0.25, 0.3) is 0 Å². The summed E-state index contributed by atoms with van der Waals surface area (Å²) in [5.41, 5.74) is 2.65. The fourth-order valence-electron chi connectivity index (χ4n) is 4.54. The topological polar surface area (TPSA) is 58.6 Å². The van der Waals surface area contributed by atoms with E-state index < -0.39 is 6.04 Å². The normalized spacial score (nSPS) is 14.9. The predicted molar refractivity (Wildman–Crippen MR) is 145 cm³/mol. The third-order valence-corrected chi connectivity index (χ3v) is 8.46. The first kappa shape index (κ1) is 27.8. The van der Waals surface area contributed by atoms with Gasteiger partial charge in [0.15, 0.2) is 6.61 Å². The summed E-state index contributed by atoms with van der Waals surface area (Å²) in [5.74, 6) is 0.156. The van der Waals surface area contributed by atoms with Crippen LogP contribution in [0, 0.1) is 13.8 Å². The number of hydrogen-bond acceptors (Lipinski definition) is 3. The Kier molecular flexibility index (Phi) is 10.3. The molecule has 0 radical (unpaired) electrons. The quantitative estimate of drug-likeness (QED) is 0.345. The monoisotopic (exact) mass is 582 g/mol. The maximum absolute atomic E-state index is 13.5. The van der Waals surface area contributed by atoms with E-state index >= 15 is 0 Å². The molecule has 1 atom stereocenters. The molecule has 2 aromatic rings. The van der Waals surface area contributed by atoms with Crippen LogP contribution in [0.4, 0.5) is 0 Å². The van der Waals surface area contributed by atoms with Crippen LogP contribution in [0.5, 0.6) is 5.75 Å². The lowest BCUT2D eigenvalue weighted by molar-refractivity contribution is -0.143. The number of carbonyl (C=O) groups excluding carboxylic acids is 2. The van der Waals surface area contributed by atoms with Crippen LogP contribution in [0.1, 0.15) is 62.1 Å². The van der Waals surface area contributed by atoms with Crippen molar-refractivity contribution in [1.82, 2.24) is 10.2 Å². The summed E-state index contributed by atoms with van der Waals surface area (Å²) < 4.78 is 6.89. The lowest BCUT2D eigenvalue weighted by Gasteiger charge is -2.33. The molecule has 1 fully saturated rings. The highest BCUT2D eigenvalue weighted by Gasteiger charge is 2.31. The molecule has 0 saturated heterocycles. The Morgan fingerprint density at radius 1 is 1.11 bits per heavy atom. The van der Waals surface area contributed by atoms with Gasteiger partial charge in [0, 0.05) is 32.7 Å². The molecule has 0 heterocycles. The number of carbonyl (C=O) groups is 2. The molecular weight excluding hydrogens is 551 g/mol. The minimum Gasteiger partial charge on any atom is -0.484 e. The highest BCUT2D eigenvalue weighted by atomic mass is 79.9. The van der Waals surface area contributed by atoms with Crippen molar-refractivity contribution in [2.75, 3.05) is 6.61 Å². The lowest BCUT2D eigenvalue weighted by Crippen LogP contribution is -2.52. The molecule has 0 aliphatic heterocycles. The van der Waals surface area contributed by atoms with E-state index in [-0.39, 0.29) is 31.0 Å². The number of nitrogens with one attached hydrogen (secondary N) is 1. The molecule has 190 valence electrons. The lowest BCUT2D eigenvalue weighted by atomic mass is 9.95. The third-order valence-electron chi connectivity index (χ3n) is 6.50. The Morgan fingerprint density at radius 3 is 2.29 bits per heavy atom. The Labute approximate surface area is 226 Å². The number of hydrogen-bond donors (Lipinski definition) is 1. The standard InChI is InChI=1S/C27H33BrCl2N2O3/c1-4-24(27(34)31-19-9-6-5-7-10-19)32(15-21-22(29)11-8-12-23(21)30)25(33)16-35-20-13-17(2)26(28)18(3)14-20/h8,11-14,19,24H,4-7,9-10,15-16H2,1-3H3,(H,31,34)/t24-/m1/s1. The summed E-state index contributed by atoms with van der Waals surface area (Å²) in [5, 5.41) is 4.08. The second-order valence-electron chi connectivity index (χ2n) is 9.15. The maximum Gasteiger partial charge on any atom is 0.261 e. The second kappa shape index (κ2) is 13.0. The zero-order chi connectivity index (χ0) is 25.5. The number of amides is 2. The van der Waals surface area contributed by atoms with Crippen LogP contribution in [-0.2, 0) is 16.1 Å². The van der Waals surface area contributed by atoms with Crippen molar-refractivity contribution in [2.45, 2.75) is 77.9 Å². The summed E-state index contributed by atoms with van der Waals surface area (Å²) in [6.07, 6.45) is 5.82. The first-order chi connectivity index (χ1) is 16.7. The number of benzene rings is 2. The molecule has 8 heteroatoms. The largest absolute Gasteiger partial charge is 0.484 e. The van der Waals surface area contributed by atoms with Crippen LogP contribution in [0.2, 0.25) is 10.0 Å². The highest BCUT2D eigenvalue weighted by Crippen LogP contribution is 2.29. The Bertz CT molecular complexity index is 1010. The fraction of sp³-hybridized carbons (Fsp3) is 0.481. The Morgan fingerprint density at radius 2 is 1.71 bits per heavy atom. The molecular formula is C27H33BrCl2N2O3. The van der Waals surface area contributed by atoms with Crippen molar-refractivity contribution in [3.05, 3.63) is 61.5 Å². The average molecular weight is 584 g/mol. The molecule has 1 N–H and O–H groups in total. The molecule has 3 rings (SSSR count). The SMILES string of the molecule is CC[C@H](C(=O)NC1CCCCC1)N(Cc1c(Cl)cccc1Cl)C(=O)COc1cc(C)c(Br)c(C)c1. The van der Waals surface area contributed by atoms with Crippen molar-refractivity contribution in [3.63, 3.8) is 0 Å². The molecule has 2 aromatic carbocycles. The first-order valence-electron chi connectivity index (χ1n) is 12.1. The van der Waals surface area contributed by atoms with E-state index in [9.17, 15) is 9.59 Å². The average Bonchev–Trinajstić information content (AvgIpc) is 2.83. The van der Waals surface area contributed by atoms with E-state index in [0.717, 1.165) is 41.3 Å². The van der Waals surface area contributed by atoms with Gasteiger partial charge in [-0.25, -0.2) is 0 Å². The number of rotatable bonds is 9. The smallest absolute Gasteiger partial charge is 0.261 e. The van der Waals surface area contributed by atoms with Crippen molar-refractivity contribution < 1.29 is 14.3 Å². The number of aryl methyl sites for hydroxylation is 2. The minimum absolute atomic E-state index is 0.121. The van der Waals surface area contributed by atoms with E-state index in [4.69, 9.17) is 27.9 Å². The molecule has 0 spiro atoms. The third kappa shape index (κ3) is 7.37. The van der Waals surface area contributed by atoms with Crippen LogP contribution in [0.3, 0.4) is 0 Å². The predicted octanol–water partition coefficient (Wildman–Crippen LogP) is 7.01. The van der Waals surface area contributed by atoms with Crippen molar-refractivity contribution in [1.29, 1.82) is 0 Å². The van der Waals surface area contributed by atoms with E-state index in [1.54, 1.807) is 23.1 Å². The molecule has 0 aromatic heterocycles. The van der Waals surface area contributed by atoms with Gasteiger partial charge >= 0.3 is 0 Å². The summed E-state index contributed by atoms with van der Waals surface area (Å²) in [4.78, 5) is 28.4. The highest BCUT2D eigenvalue weighted by molar-refractivity contribution is 9.10. The van der Waals surface area contributed by atoms with E-state index in [2.05, 4.69) is 21.2 Å². The zero-order valence-electron chi connectivity index (χ0n) is 20.5. The molecule has 0 unspecified atom stereocenters. The van der Waals surface area contributed by atoms with E-state index in [0.29, 0.717) is 27.8 Å². The molecule has 1 saturated carbocycles. The first-order valence-corrected chi connectivity index (χ1v) is 13.7. The number of ether oxygens (including phenoxy) is 1. The van der Waals surface area contributed by atoms with Gasteiger partial charge in [0.2, 0.25) is 5.91 Å². The second-order valence-corrected chi connectivity index (χ2v) is 10.8. The zero-order valence-corrected chi connectivity index (χ0v) is 23.6. The van der Waals surface area contributed by atoms with Gasteiger partial charge in [-0.05, 0) is 68.5 Å². The summed E-state index contributed by atoms with van der Waals surface area (Å²) in [6.45, 7) is 5.77. The van der Waals surface area contributed by atoms with Gasteiger partial charge in [-0.1, -0.05) is 71.4 Å². The fourth-order valence-corrected chi connectivity index (χ4v) is 5.28. The maximum atomic E-state index is 13.5. The van der Waals surface area contributed by atoms with Crippen molar-refractivity contribution in [3.8, 4) is 5.75 Å². The van der Waals surface area contributed by atoms with Crippen LogP contribution >= 0.6 is 39.1 Å². The molecule has 0 bridgehead atoms.